The van der Waals surface area contributed by atoms with E-state index in [1.807, 2.05) is 38.1 Å². The van der Waals surface area contributed by atoms with Gasteiger partial charge in [0.15, 0.2) is 5.84 Å². The molecular weight excluding hydrogens is 416 g/mol. The topological polar surface area (TPSA) is 68.6 Å². The Morgan fingerprint density at radius 3 is 2.57 bits per heavy atom. The lowest BCUT2D eigenvalue weighted by molar-refractivity contribution is 0.0620. The van der Waals surface area contributed by atoms with E-state index in [0.717, 1.165) is 32.5 Å². The summed E-state index contributed by atoms with van der Waals surface area (Å²) in [6.07, 6.45) is 0. The van der Waals surface area contributed by atoms with Crippen molar-refractivity contribution < 1.29 is 9.57 Å². The van der Waals surface area contributed by atoms with Crippen LogP contribution in [-0.2, 0) is 4.84 Å². The summed E-state index contributed by atoms with van der Waals surface area (Å²) in [4.78, 5) is 14.4. The van der Waals surface area contributed by atoms with Gasteiger partial charge in [0.05, 0.1) is 18.4 Å². The van der Waals surface area contributed by atoms with E-state index in [-0.39, 0.29) is 6.04 Å². The maximum absolute atomic E-state index is 5.75. The third-order valence-corrected chi connectivity index (χ3v) is 7.04. The molecule has 3 aromatic rings. The molecule has 6 nitrogen and oxygen atoms in total. The number of hydroxylamine groups is 1. The highest BCUT2D eigenvalue weighted by Gasteiger charge is 2.25. The molecule has 1 aliphatic rings. The van der Waals surface area contributed by atoms with E-state index < -0.39 is 0 Å². The second kappa shape index (κ2) is 8.75. The summed E-state index contributed by atoms with van der Waals surface area (Å²) in [5, 5.41) is 9.61. The van der Waals surface area contributed by atoms with Crippen molar-refractivity contribution in [3.8, 4) is 5.75 Å². The van der Waals surface area contributed by atoms with Gasteiger partial charge in [-0.1, -0.05) is 11.8 Å². The monoisotopic (exact) mass is 440 g/mol. The van der Waals surface area contributed by atoms with E-state index in [1.54, 1.807) is 30.2 Å². The van der Waals surface area contributed by atoms with E-state index in [4.69, 9.17) is 14.6 Å². The number of hydrogen-bond acceptors (Lipinski definition) is 8. The van der Waals surface area contributed by atoms with Crippen molar-refractivity contribution in [2.45, 2.75) is 43.7 Å². The summed E-state index contributed by atoms with van der Waals surface area (Å²) >= 11 is 3.34. The maximum atomic E-state index is 5.75. The van der Waals surface area contributed by atoms with Crippen molar-refractivity contribution >= 4 is 28.9 Å². The van der Waals surface area contributed by atoms with Crippen LogP contribution in [0.2, 0.25) is 0 Å². The number of thiophene rings is 1. The van der Waals surface area contributed by atoms with Crippen LogP contribution in [0, 0.1) is 27.7 Å². The van der Waals surface area contributed by atoms with Gasteiger partial charge in [-0.25, -0.2) is 5.48 Å². The first-order valence-electron chi connectivity index (χ1n) is 9.65. The van der Waals surface area contributed by atoms with E-state index >= 15 is 0 Å². The van der Waals surface area contributed by atoms with Crippen molar-refractivity contribution in [1.29, 1.82) is 0 Å². The molecule has 0 unspecified atom stereocenters. The number of benzene rings is 1. The minimum Gasteiger partial charge on any atom is -0.497 e. The Labute approximate surface area is 184 Å². The largest absolute Gasteiger partial charge is 0.497 e. The first kappa shape index (κ1) is 20.8. The van der Waals surface area contributed by atoms with Crippen LogP contribution in [0.4, 0.5) is 0 Å². The molecule has 0 amide bonds. The zero-order chi connectivity index (χ0) is 21.3. The zero-order valence-electron chi connectivity index (χ0n) is 17.6. The molecule has 2 aromatic heterocycles. The predicted molar refractivity (Wildman–Crippen MR) is 121 cm³/mol. The molecule has 0 fully saturated rings. The van der Waals surface area contributed by atoms with Gasteiger partial charge in [-0.2, -0.15) is 5.10 Å². The van der Waals surface area contributed by atoms with Gasteiger partial charge in [-0.3, -0.25) is 9.83 Å². The number of nitrogens with zero attached hydrogens (tertiary/aromatic N) is 3. The van der Waals surface area contributed by atoms with Crippen LogP contribution < -0.4 is 10.2 Å². The van der Waals surface area contributed by atoms with Crippen LogP contribution in [0.3, 0.4) is 0 Å². The molecule has 0 aliphatic carbocycles. The quantitative estimate of drug-likeness (QED) is 0.605. The molecular formula is C22H24N4O2S2. The number of nitrogens with one attached hydrogen (secondary N) is 1. The second-order valence-electron chi connectivity index (χ2n) is 7.14. The molecule has 156 valence electrons. The molecule has 0 spiro atoms. The van der Waals surface area contributed by atoms with E-state index in [9.17, 15) is 0 Å². The molecule has 0 saturated carbocycles. The van der Waals surface area contributed by atoms with E-state index in [1.165, 1.54) is 15.3 Å². The fraction of sp³-hybridized carbons (Fsp3) is 0.318. The number of amidine groups is 1. The van der Waals surface area contributed by atoms with E-state index in [0.29, 0.717) is 12.4 Å². The third kappa shape index (κ3) is 4.21. The molecule has 0 bridgehead atoms. The standard InChI is InChI=1S/C22H24N4O2S2/c1-12-10-18(15(4)29-12)19-11-28-26-21(23-19)20-13(2)14(3)24-25-22(20)30-17-8-6-16(27-5)7-9-17/h6-10,19H,11H2,1-5H3,(H,23,26)/t19-/m0/s1. The highest BCUT2D eigenvalue weighted by molar-refractivity contribution is 7.99. The summed E-state index contributed by atoms with van der Waals surface area (Å²) in [7, 11) is 1.66. The van der Waals surface area contributed by atoms with Crippen molar-refractivity contribution in [2.75, 3.05) is 13.7 Å². The predicted octanol–water partition coefficient (Wildman–Crippen LogP) is 4.95. The summed E-state index contributed by atoms with van der Waals surface area (Å²) < 4.78 is 5.26. The van der Waals surface area contributed by atoms with Crippen molar-refractivity contribution in [3.63, 3.8) is 0 Å². The Kier molecular flexibility index (Phi) is 6.08. The maximum Gasteiger partial charge on any atom is 0.156 e. The fourth-order valence-electron chi connectivity index (χ4n) is 3.36. The van der Waals surface area contributed by atoms with Gasteiger partial charge in [0.25, 0.3) is 0 Å². The van der Waals surface area contributed by atoms with Crippen molar-refractivity contribution in [1.82, 2.24) is 15.7 Å². The van der Waals surface area contributed by atoms with Gasteiger partial charge >= 0.3 is 0 Å². The van der Waals surface area contributed by atoms with Gasteiger partial charge in [-0.05, 0) is 69.2 Å². The third-order valence-electron chi connectivity index (χ3n) is 5.07. The number of aromatic nitrogens is 2. The Morgan fingerprint density at radius 2 is 1.90 bits per heavy atom. The zero-order valence-corrected chi connectivity index (χ0v) is 19.3. The van der Waals surface area contributed by atoms with Gasteiger partial charge in [0.2, 0.25) is 0 Å². The van der Waals surface area contributed by atoms with Gasteiger partial charge in [0.1, 0.15) is 23.4 Å². The molecule has 4 rings (SSSR count). The fourth-order valence-corrected chi connectivity index (χ4v) is 5.27. The Bertz CT molecular complexity index is 1090. The molecule has 0 saturated heterocycles. The summed E-state index contributed by atoms with van der Waals surface area (Å²) in [6, 6.07) is 10.1. The number of rotatable bonds is 5. The summed E-state index contributed by atoms with van der Waals surface area (Å²) in [5.41, 5.74) is 7.08. The summed E-state index contributed by atoms with van der Waals surface area (Å²) in [5.74, 6) is 1.52. The molecule has 8 heteroatoms. The SMILES string of the molecule is COc1ccc(Sc2nnc(C)c(C)c2C2=N[C@H](c3cc(C)sc3C)CON2)cc1. The highest BCUT2D eigenvalue weighted by Crippen LogP contribution is 2.34. The van der Waals surface area contributed by atoms with E-state index in [2.05, 4.69) is 35.6 Å². The number of ether oxygens (including phenoxy) is 1. The number of aryl methyl sites for hydroxylation is 3. The minimum absolute atomic E-state index is 0.0436. The second-order valence-corrected chi connectivity index (χ2v) is 9.67. The molecule has 1 aliphatic heterocycles. The normalized spacial score (nSPS) is 16.2. The Balaban J connectivity index is 1.73. The minimum atomic E-state index is -0.0436. The smallest absolute Gasteiger partial charge is 0.156 e. The van der Waals surface area contributed by atoms with Gasteiger partial charge in [0, 0.05) is 14.6 Å². The first-order chi connectivity index (χ1) is 14.5. The number of methoxy groups -OCH3 is 1. The van der Waals surface area contributed by atoms with Crippen LogP contribution in [-0.4, -0.2) is 29.7 Å². The van der Waals surface area contributed by atoms with Crippen molar-refractivity contribution in [2.24, 2.45) is 4.99 Å². The van der Waals surface area contributed by atoms with Crippen LogP contribution in [0.5, 0.6) is 5.75 Å². The molecule has 1 N–H and O–H groups in total. The van der Waals surface area contributed by atoms with Crippen LogP contribution >= 0.6 is 23.1 Å². The van der Waals surface area contributed by atoms with Crippen molar-refractivity contribution in [3.05, 3.63) is 62.5 Å². The van der Waals surface area contributed by atoms with Gasteiger partial charge in [-0.15, -0.1) is 16.4 Å². The van der Waals surface area contributed by atoms with Crippen LogP contribution in [0.15, 0.2) is 45.2 Å². The number of hydrogen-bond donors (Lipinski definition) is 1. The highest BCUT2D eigenvalue weighted by atomic mass is 32.2. The molecule has 30 heavy (non-hydrogen) atoms. The first-order valence-corrected chi connectivity index (χ1v) is 11.3. The average molecular weight is 441 g/mol. The molecule has 0 radical (unpaired) electrons. The lowest BCUT2D eigenvalue weighted by Gasteiger charge is -2.24. The average Bonchev–Trinajstić information content (AvgIpc) is 3.09. The molecule has 1 aromatic carbocycles. The Morgan fingerprint density at radius 1 is 1.13 bits per heavy atom. The van der Waals surface area contributed by atoms with Crippen LogP contribution in [0.1, 0.15) is 38.2 Å². The van der Waals surface area contributed by atoms with Gasteiger partial charge < -0.3 is 4.74 Å². The van der Waals surface area contributed by atoms with Crippen LogP contribution in [0.25, 0.3) is 0 Å². The summed E-state index contributed by atoms with van der Waals surface area (Å²) in [6.45, 7) is 8.77. The molecule has 1 atom stereocenters. The lowest BCUT2D eigenvalue weighted by Crippen LogP contribution is -2.34. The number of aliphatic imine (C=N–C) groups is 1. The Hall–Kier alpha value is -2.42. The lowest BCUT2D eigenvalue weighted by atomic mass is 10.1. The molecule has 3 heterocycles.